The summed E-state index contributed by atoms with van der Waals surface area (Å²) < 4.78 is 25.0. The van der Waals surface area contributed by atoms with E-state index in [1.165, 1.54) is 116 Å². The van der Waals surface area contributed by atoms with E-state index in [-0.39, 0.29) is 11.2 Å². The van der Waals surface area contributed by atoms with Crippen LogP contribution >= 0.6 is 0 Å². The first-order chi connectivity index (χ1) is 26.2. The fraction of sp³-hybridized carbons (Fsp3) is 0.625. The molecule has 3 aromatic carbocycles. The average Bonchev–Trinajstić information content (AvgIpc) is 3.40. The molecule has 54 heavy (non-hydrogen) atoms. The van der Waals surface area contributed by atoms with E-state index in [0.29, 0.717) is 0 Å². The second-order valence-corrected chi connectivity index (χ2v) is 16.6. The van der Waals surface area contributed by atoms with E-state index in [2.05, 4.69) is 119 Å². The smallest absolute Gasteiger partial charge is 0.494 e. The van der Waals surface area contributed by atoms with Gasteiger partial charge in [-0.3, -0.25) is 0 Å². The fourth-order valence-electron chi connectivity index (χ4n) is 7.15. The summed E-state index contributed by atoms with van der Waals surface area (Å²) in [5.74, 6) is 1.84. The Balaban J connectivity index is 1.32. The number of unbranched alkanes of at least 4 members (excludes halogenated alkanes) is 18. The standard InChI is InChI=1S/C48H74BNO4/c1-7-9-11-13-15-17-19-21-23-25-39-51-45-35-31-43(32-36-45)50(42-29-27-41(28-30-42)49-53-47(3,4)48(5,6)54-49)44-33-37-46(38-34-44)52-40-26-24-22-20-18-16-14-12-10-8-2/h27-38H,7-26,39-40H2,1-6H3. The predicted molar refractivity (Wildman–Crippen MR) is 232 cm³/mol. The molecule has 0 bridgehead atoms. The van der Waals surface area contributed by atoms with Gasteiger partial charge < -0.3 is 23.7 Å². The predicted octanol–water partition coefficient (Wildman–Crippen LogP) is 14.1. The third-order valence-electron chi connectivity index (χ3n) is 11.4. The Morgan fingerprint density at radius 2 is 0.722 bits per heavy atom. The van der Waals surface area contributed by atoms with E-state index in [9.17, 15) is 0 Å². The van der Waals surface area contributed by atoms with Gasteiger partial charge in [-0.2, -0.15) is 0 Å². The summed E-state index contributed by atoms with van der Waals surface area (Å²) in [7, 11) is -0.392. The molecule has 0 unspecified atom stereocenters. The van der Waals surface area contributed by atoms with Crippen LogP contribution in [0.5, 0.6) is 11.5 Å². The van der Waals surface area contributed by atoms with Gasteiger partial charge in [0.05, 0.1) is 24.4 Å². The van der Waals surface area contributed by atoms with Gasteiger partial charge >= 0.3 is 7.12 Å². The first kappa shape index (κ1) is 43.8. The molecule has 0 saturated carbocycles. The van der Waals surface area contributed by atoms with Crippen molar-refractivity contribution < 1.29 is 18.8 Å². The molecule has 0 N–H and O–H groups in total. The van der Waals surface area contributed by atoms with Gasteiger partial charge in [0.1, 0.15) is 11.5 Å². The molecule has 1 fully saturated rings. The first-order valence-electron chi connectivity index (χ1n) is 22.0. The number of anilines is 3. The van der Waals surface area contributed by atoms with Crippen LogP contribution in [0.1, 0.15) is 170 Å². The molecule has 6 heteroatoms. The van der Waals surface area contributed by atoms with Crippen molar-refractivity contribution in [1.29, 1.82) is 0 Å². The third-order valence-corrected chi connectivity index (χ3v) is 11.4. The highest BCUT2D eigenvalue weighted by Crippen LogP contribution is 2.38. The second-order valence-electron chi connectivity index (χ2n) is 16.6. The maximum absolute atomic E-state index is 6.34. The molecule has 5 nitrogen and oxygen atoms in total. The lowest BCUT2D eigenvalue weighted by Crippen LogP contribution is -2.41. The number of hydrogen-bond donors (Lipinski definition) is 0. The second kappa shape index (κ2) is 23.8. The number of benzene rings is 3. The minimum absolute atomic E-state index is 0.378. The van der Waals surface area contributed by atoms with Crippen LogP contribution in [0.25, 0.3) is 0 Å². The van der Waals surface area contributed by atoms with Crippen LogP contribution in [0.4, 0.5) is 17.1 Å². The minimum atomic E-state index is -0.392. The normalized spacial score (nSPS) is 14.7. The molecule has 0 aromatic heterocycles. The van der Waals surface area contributed by atoms with Crippen LogP contribution in [-0.2, 0) is 9.31 Å². The summed E-state index contributed by atoms with van der Waals surface area (Å²) in [6.07, 6.45) is 26.5. The number of rotatable bonds is 28. The van der Waals surface area contributed by atoms with Crippen molar-refractivity contribution >= 4 is 29.6 Å². The lowest BCUT2D eigenvalue weighted by atomic mass is 9.79. The number of ether oxygens (including phenoxy) is 2. The van der Waals surface area contributed by atoms with Crippen molar-refractivity contribution in [2.75, 3.05) is 18.1 Å². The maximum Gasteiger partial charge on any atom is 0.494 e. The summed E-state index contributed by atoms with van der Waals surface area (Å²) >= 11 is 0. The highest BCUT2D eigenvalue weighted by atomic mass is 16.7. The van der Waals surface area contributed by atoms with Gasteiger partial charge in [0.15, 0.2) is 0 Å². The fourth-order valence-corrected chi connectivity index (χ4v) is 7.15. The molecule has 1 saturated heterocycles. The third kappa shape index (κ3) is 14.6. The van der Waals surface area contributed by atoms with Crippen molar-refractivity contribution in [3.8, 4) is 11.5 Å². The van der Waals surface area contributed by atoms with Crippen molar-refractivity contribution in [1.82, 2.24) is 0 Å². The highest BCUT2D eigenvalue weighted by Gasteiger charge is 2.51. The van der Waals surface area contributed by atoms with E-state index in [1.807, 2.05) is 0 Å². The van der Waals surface area contributed by atoms with Crippen LogP contribution in [-0.4, -0.2) is 31.5 Å². The average molecular weight is 740 g/mol. The molecule has 0 amide bonds. The largest absolute Gasteiger partial charge is 0.494 e. The molecule has 0 radical (unpaired) electrons. The summed E-state index contributed by atoms with van der Waals surface area (Å²) in [5, 5.41) is 0. The molecule has 0 spiro atoms. The van der Waals surface area contributed by atoms with Gasteiger partial charge in [-0.15, -0.1) is 0 Å². The molecular weight excluding hydrogens is 665 g/mol. The highest BCUT2D eigenvalue weighted by molar-refractivity contribution is 6.62. The van der Waals surface area contributed by atoms with E-state index in [1.54, 1.807) is 0 Å². The van der Waals surface area contributed by atoms with Crippen molar-refractivity contribution in [2.45, 2.75) is 181 Å². The Morgan fingerprint density at radius 3 is 1.06 bits per heavy atom. The summed E-state index contributed by atoms with van der Waals surface area (Å²) in [5.41, 5.74) is 3.47. The Kier molecular flexibility index (Phi) is 19.3. The molecule has 0 atom stereocenters. The zero-order valence-electron chi connectivity index (χ0n) is 35.1. The van der Waals surface area contributed by atoms with E-state index in [0.717, 1.165) is 60.1 Å². The van der Waals surface area contributed by atoms with Gasteiger partial charge in [-0.25, -0.2) is 0 Å². The van der Waals surface area contributed by atoms with E-state index < -0.39 is 7.12 Å². The van der Waals surface area contributed by atoms with Crippen LogP contribution in [0.3, 0.4) is 0 Å². The van der Waals surface area contributed by atoms with Gasteiger partial charge in [-0.1, -0.05) is 142 Å². The van der Waals surface area contributed by atoms with Gasteiger partial charge in [-0.05, 0) is 107 Å². The molecular formula is C48H74BNO4. The van der Waals surface area contributed by atoms with E-state index in [4.69, 9.17) is 18.8 Å². The van der Waals surface area contributed by atoms with Crippen LogP contribution in [0, 0.1) is 0 Å². The summed E-state index contributed by atoms with van der Waals surface area (Å²) in [6.45, 7) is 14.5. The van der Waals surface area contributed by atoms with E-state index >= 15 is 0 Å². The first-order valence-corrected chi connectivity index (χ1v) is 22.0. The van der Waals surface area contributed by atoms with Gasteiger partial charge in [0, 0.05) is 17.1 Å². The SMILES string of the molecule is CCCCCCCCCCCCOc1ccc(N(c2ccc(OCCCCCCCCCCCC)cc2)c2ccc(B3OC(C)(C)C(C)(C)O3)cc2)cc1. The lowest BCUT2D eigenvalue weighted by molar-refractivity contribution is 0.00578. The Morgan fingerprint density at radius 1 is 0.426 bits per heavy atom. The summed E-state index contributed by atoms with van der Waals surface area (Å²) in [4.78, 5) is 2.28. The Hall–Kier alpha value is -2.96. The molecule has 1 aliphatic heterocycles. The van der Waals surface area contributed by atoms with Gasteiger partial charge in [0.2, 0.25) is 0 Å². The van der Waals surface area contributed by atoms with Crippen molar-refractivity contribution in [3.63, 3.8) is 0 Å². The number of nitrogens with zero attached hydrogens (tertiary/aromatic N) is 1. The van der Waals surface area contributed by atoms with Crippen LogP contribution in [0.2, 0.25) is 0 Å². The number of hydrogen-bond acceptors (Lipinski definition) is 5. The minimum Gasteiger partial charge on any atom is -0.494 e. The molecule has 1 heterocycles. The molecule has 4 rings (SSSR count). The van der Waals surface area contributed by atoms with Crippen molar-refractivity contribution in [3.05, 3.63) is 72.8 Å². The van der Waals surface area contributed by atoms with Crippen LogP contribution in [0.15, 0.2) is 72.8 Å². The zero-order valence-corrected chi connectivity index (χ0v) is 35.1. The monoisotopic (exact) mass is 740 g/mol. The lowest BCUT2D eigenvalue weighted by Gasteiger charge is -2.32. The zero-order chi connectivity index (χ0) is 38.5. The summed E-state index contributed by atoms with van der Waals surface area (Å²) in [6, 6.07) is 25.6. The molecule has 3 aromatic rings. The molecule has 298 valence electrons. The quantitative estimate of drug-likeness (QED) is 0.0548. The van der Waals surface area contributed by atoms with Crippen LogP contribution < -0.4 is 19.8 Å². The van der Waals surface area contributed by atoms with Gasteiger partial charge in [0.25, 0.3) is 0 Å². The Bertz CT molecular complexity index is 1320. The topological polar surface area (TPSA) is 40.2 Å². The molecule has 1 aliphatic rings. The Labute approximate surface area is 331 Å². The van der Waals surface area contributed by atoms with Crippen molar-refractivity contribution in [2.24, 2.45) is 0 Å². The molecule has 0 aliphatic carbocycles. The maximum atomic E-state index is 6.34.